The minimum atomic E-state index is -1.83. The molecule has 0 amide bonds. The quantitative estimate of drug-likeness (QED) is 0.200. The third kappa shape index (κ3) is 6.15. The Morgan fingerprint density at radius 1 is 1.35 bits per heavy atom. The van der Waals surface area contributed by atoms with Gasteiger partial charge in [0.2, 0.25) is 11.7 Å². The summed E-state index contributed by atoms with van der Waals surface area (Å²) in [4.78, 5) is 15.2. The fraction of sp³-hybridized carbons (Fsp3) is 0.600. The van der Waals surface area contributed by atoms with Gasteiger partial charge in [-0.3, -0.25) is 4.99 Å². The Hall–Kier alpha value is -0.450. The second kappa shape index (κ2) is 7.80. The number of carbonyl (C=O) groups excluding carboxylic acids is 1. The summed E-state index contributed by atoms with van der Waals surface area (Å²) in [6.45, 7) is 3.75. The van der Waals surface area contributed by atoms with Crippen molar-refractivity contribution in [2.75, 3.05) is 13.7 Å². The average Bonchev–Trinajstić information content (AvgIpc) is 2.22. The monoisotopic (exact) mass is 301 g/mol. The highest BCUT2D eigenvalue weighted by Crippen LogP contribution is 2.29. The Morgan fingerprint density at radius 2 is 1.94 bits per heavy atom. The van der Waals surface area contributed by atoms with Gasteiger partial charge in [0.25, 0.3) is 3.79 Å². The second-order valence-electron chi connectivity index (χ2n) is 2.83. The van der Waals surface area contributed by atoms with Crippen LogP contribution in [0.3, 0.4) is 0 Å². The Labute approximate surface area is 116 Å². The predicted octanol–water partition coefficient (Wildman–Crippen LogP) is 3.26. The molecule has 0 aromatic heterocycles. The van der Waals surface area contributed by atoms with Gasteiger partial charge in [0.05, 0.1) is 6.61 Å². The highest BCUT2D eigenvalue weighted by molar-refractivity contribution is 6.76. The molecular formula is C10H14Cl3NO3. The van der Waals surface area contributed by atoms with Crippen LogP contribution in [0.5, 0.6) is 0 Å². The van der Waals surface area contributed by atoms with E-state index in [0.29, 0.717) is 6.42 Å². The Bertz CT molecular complexity index is 321. The van der Waals surface area contributed by atoms with Gasteiger partial charge >= 0.3 is 5.97 Å². The number of hydrogen-bond donors (Lipinski definition) is 0. The van der Waals surface area contributed by atoms with Crippen molar-refractivity contribution in [1.29, 1.82) is 0 Å². The van der Waals surface area contributed by atoms with E-state index in [0.717, 1.165) is 0 Å². The molecule has 0 rings (SSSR count). The lowest BCUT2D eigenvalue weighted by molar-refractivity contribution is -0.141. The number of aliphatic imine (C=N–C) groups is 1. The van der Waals surface area contributed by atoms with E-state index in [2.05, 4.69) is 4.99 Å². The SMILES string of the molecule is CC/C=C(\OC(=NC)C(Cl)(Cl)Cl)C(=O)OCC. The standard InChI is InChI=1S/C10H14Cl3NO3/c1-4-6-7(8(15)16-5-2)17-9(14-3)10(11,12)13/h6H,4-5H2,1-3H3/b7-6-,14-9?. The molecule has 0 aromatic rings. The van der Waals surface area contributed by atoms with Gasteiger partial charge in [0, 0.05) is 7.05 Å². The molecule has 0 saturated carbocycles. The van der Waals surface area contributed by atoms with Gasteiger partial charge in [-0.15, -0.1) is 0 Å². The highest BCUT2D eigenvalue weighted by Gasteiger charge is 2.32. The van der Waals surface area contributed by atoms with Crippen LogP contribution >= 0.6 is 34.8 Å². The zero-order valence-corrected chi connectivity index (χ0v) is 12.1. The van der Waals surface area contributed by atoms with Gasteiger partial charge < -0.3 is 9.47 Å². The molecule has 0 radical (unpaired) electrons. The van der Waals surface area contributed by atoms with Crippen molar-refractivity contribution < 1.29 is 14.3 Å². The molecule has 0 saturated heterocycles. The number of alkyl halides is 3. The van der Waals surface area contributed by atoms with Crippen molar-refractivity contribution in [3.05, 3.63) is 11.8 Å². The number of carbonyl (C=O) groups is 1. The molecule has 98 valence electrons. The number of halogens is 3. The topological polar surface area (TPSA) is 47.9 Å². The molecule has 4 nitrogen and oxygen atoms in total. The summed E-state index contributed by atoms with van der Waals surface area (Å²) in [5.74, 6) is -0.846. The lowest BCUT2D eigenvalue weighted by Gasteiger charge is -2.16. The second-order valence-corrected chi connectivity index (χ2v) is 5.11. The minimum Gasteiger partial charge on any atom is -0.460 e. The van der Waals surface area contributed by atoms with E-state index >= 15 is 0 Å². The van der Waals surface area contributed by atoms with Gasteiger partial charge in [0.15, 0.2) is 0 Å². The van der Waals surface area contributed by atoms with E-state index in [4.69, 9.17) is 44.3 Å². The van der Waals surface area contributed by atoms with E-state index in [-0.39, 0.29) is 18.3 Å². The first-order chi connectivity index (χ1) is 7.86. The van der Waals surface area contributed by atoms with E-state index in [1.807, 2.05) is 6.92 Å². The summed E-state index contributed by atoms with van der Waals surface area (Å²) in [5.41, 5.74) is 0. The van der Waals surface area contributed by atoms with Crippen molar-refractivity contribution in [2.24, 2.45) is 4.99 Å². The van der Waals surface area contributed by atoms with Crippen molar-refractivity contribution in [1.82, 2.24) is 0 Å². The molecule has 0 atom stereocenters. The molecule has 0 aliphatic rings. The van der Waals surface area contributed by atoms with Gasteiger partial charge in [-0.1, -0.05) is 41.7 Å². The number of ether oxygens (including phenoxy) is 2. The number of hydrogen-bond acceptors (Lipinski definition) is 4. The van der Waals surface area contributed by atoms with E-state index in [9.17, 15) is 4.79 Å². The molecule has 0 aromatic carbocycles. The van der Waals surface area contributed by atoms with E-state index in [1.54, 1.807) is 6.92 Å². The summed E-state index contributed by atoms with van der Waals surface area (Å²) < 4.78 is 8.13. The summed E-state index contributed by atoms with van der Waals surface area (Å²) in [5, 5.41) is 0. The number of allylic oxidation sites excluding steroid dienone is 1. The maximum absolute atomic E-state index is 11.5. The predicted molar refractivity (Wildman–Crippen MR) is 69.7 cm³/mol. The molecule has 17 heavy (non-hydrogen) atoms. The lowest BCUT2D eigenvalue weighted by atomic mass is 10.4. The molecule has 0 fully saturated rings. The molecular weight excluding hydrogens is 288 g/mol. The number of esters is 1. The maximum Gasteiger partial charge on any atom is 0.373 e. The van der Waals surface area contributed by atoms with Crippen LogP contribution in [-0.2, 0) is 14.3 Å². The van der Waals surface area contributed by atoms with Gasteiger partial charge in [-0.05, 0) is 19.4 Å². The highest BCUT2D eigenvalue weighted by atomic mass is 35.6. The van der Waals surface area contributed by atoms with Crippen LogP contribution in [0, 0.1) is 0 Å². The number of rotatable bonds is 4. The fourth-order valence-electron chi connectivity index (χ4n) is 0.889. The van der Waals surface area contributed by atoms with E-state index in [1.165, 1.54) is 13.1 Å². The van der Waals surface area contributed by atoms with Crippen LogP contribution in [0.15, 0.2) is 16.8 Å². The molecule has 0 aliphatic carbocycles. The minimum absolute atomic E-state index is 0.0405. The summed E-state index contributed by atoms with van der Waals surface area (Å²) in [7, 11) is 1.39. The van der Waals surface area contributed by atoms with Gasteiger partial charge in [0.1, 0.15) is 0 Å². The van der Waals surface area contributed by atoms with Crippen molar-refractivity contribution >= 4 is 46.7 Å². The van der Waals surface area contributed by atoms with Gasteiger partial charge in [-0.2, -0.15) is 0 Å². The Morgan fingerprint density at radius 3 is 2.29 bits per heavy atom. The summed E-state index contributed by atoms with van der Waals surface area (Å²) >= 11 is 16.9. The van der Waals surface area contributed by atoms with Crippen LogP contribution in [0.25, 0.3) is 0 Å². The van der Waals surface area contributed by atoms with Crippen LogP contribution < -0.4 is 0 Å². The normalized spacial score (nSPS) is 13.5. The molecule has 0 unspecified atom stereocenters. The third-order valence-corrected chi connectivity index (χ3v) is 2.00. The molecule has 0 N–H and O–H groups in total. The van der Waals surface area contributed by atoms with Crippen LogP contribution in [0.1, 0.15) is 20.3 Å². The van der Waals surface area contributed by atoms with Gasteiger partial charge in [-0.25, -0.2) is 4.79 Å². The fourth-order valence-corrected chi connectivity index (χ4v) is 1.26. The Kier molecular flexibility index (Phi) is 7.59. The smallest absolute Gasteiger partial charge is 0.373 e. The summed E-state index contributed by atoms with van der Waals surface area (Å²) in [6.07, 6.45) is 2.10. The zero-order chi connectivity index (χ0) is 13.5. The molecule has 7 heteroatoms. The molecule has 0 spiro atoms. The maximum atomic E-state index is 11.5. The molecule has 0 aliphatic heterocycles. The average molecular weight is 303 g/mol. The Balaban J connectivity index is 4.90. The van der Waals surface area contributed by atoms with Crippen LogP contribution in [-0.4, -0.2) is 29.3 Å². The van der Waals surface area contributed by atoms with Crippen molar-refractivity contribution in [3.63, 3.8) is 0 Å². The zero-order valence-electron chi connectivity index (χ0n) is 9.80. The first-order valence-electron chi connectivity index (χ1n) is 4.95. The van der Waals surface area contributed by atoms with Crippen molar-refractivity contribution in [3.8, 4) is 0 Å². The van der Waals surface area contributed by atoms with Crippen molar-refractivity contribution in [2.45, 2.75) is 24.1 Å². The first-order valence-corrected chi connectivity index (χ1v) is 6.09. The van der Waals surface area contributed by atoms with E-state index < -0.39 is 9.76 Å². The third-order valence-electron chi connectivity index (χ3n) is 1.52. The summed E-state index contributed by atoms with van der Waals surface area (Å²) in [6, 6.07) is 0. The first kappa shape index (κ1) is 16.6. The lowest BCUT2D eigenvalue weighted by Crippen LogP contribution is -2.25. The largest absolute Gasteiger partial charge is 0.460 e. The molecule has 0 heterocycles. The molecule has 0 bridgehead atoms. The van der Waals surface area contributed by atoms with Crippen LogP contribution in [0.2, 0.25) is 0 Å². The number of nitrogens with zero attached hydrogens (tertiary/aromatic N) is 1. The van der Waals surface area contributed by atoms with Crippen LogP contribution in [0.4, 0.5) is 0 Å².